The van der Waals surface area contributed by atoms with E-state index in [1.165, 1.54) is 5.56 Å². The minimum Gasteiger partial charge on any atom is -0.355 e. The SMILES string of the molecule is C=CCn1c(NCCc2ccccc2)nc2c(C)nn(C)c2c1=O. The topological polar surface area (TPSA) is 64.7 Å². The highest BCUT2D eigenvalue weighted by molar-refractivity contribution is 5.77. The Morgan fingerprint density at radius 1 is 1.29 bits per heavy atom. The van der Waals surface area contributed by atoms with Gasteiger partial charge in [0.15, 0.2) is 5.52 Å². The molecule has 124 valence electrons. The summed E-state index contributed by atoms with van der Waals surface area (Å²) >= 11 is 0. The van der Waals surface area contributed by atoms with E-state index in [1.54, 1.807) is 22.4 Å². The molecule has 24 heavy (non-hydrogen) atoms. The highest BCUT2D eigenvalue weighted by Crippen LogP contribution is 2.14. The van der Waals surface area contributed by atoms with Crippen molar-refractivity contribution in [2.45, 2.75) is 19.9 Å². The zero-order valence-electron chi connectivity index (χ0n) is 14.0. The van der Waals surface area contributed by atoms with Gasteiger partial charge in [-0.3, -0.25) is 14.0 Å². The van der Waals surface area contributed by atoms with E-state index < -0.39 is 0 Å². The number of nitrogens with zero attached hydrogens (tertiary/aromatic N) is 4. The Hall–Kier alpha value is -2.89. The first-order valence-corrected chi connectivity index (χ1v) is 7.94. The van der Waals surface area contributed by atoms with Crippen molar-refractivity contribution in [2.75, 3.05) is 11.9 Å². The molecule has 0 unspecified atom stereocenters. The van der Waals surface area contributed by atoms with Crippen molar-refractivity contribution in [2.24, 2.45) is 7.05 Å². The van der Waals surface area contributed by atoms with E-state index in [-0.39, 0.29) is 5.56 Å². The molecule has 0 saturated carbocycles. The fraction of sp³-hybridized carbons (Fsp3) is 0.278. The molecule has 0 aliphatic heterocycles. The van der Waals surface area contributed by atoms with Crippen molar-refractivity contribution in [3.8, 4) is 0 Å². The third-order valence-corrected chi connectivity index (χ3v) is 3.96. The van der Waals surface area contributed by atoms with Gasteiger partial charge in [0.05, 0.1) is 5.69 Å². The van der Waals surface area contributed by atoms with Crippen molar-refractivity contribution in [3.63, 3.8) is 0 Å². The normalized spacial score (nSPS) is 10.9. The molecule has 0 aliphatic rings. The number of allylic oxidation sites excluding steroid dienone is 1. The molecule has 1 aromatic carbocycles. The maximum absolute atomic E-state index is 12.8. The number of aryl methyl sites for hydroxylation is 2. The molecule has 0 bridgehead atoms. The molecule has 1 N–H and O–H groups in total. The van der Waals surface area contributed by atoms with E-state index in [2.05, 4.69) is 34.1 Å². The van der Waals surface area contributed by atoms with Crippen LogP contribution < -0.4 is 10.9 Å². The highest BCUT2D eigenvalue weighted by Gasteiger charge is 2.16. The van der Waals surface area contributed by atoms with Crippen LogP contribution in [0.1, 0.15) is 11.3 Å². The second kappa shape index (κ2) is 6.70. The van der Waals surface area contributed by atoms with Crippen molar-refractivity contribution < 1.29 is 0 Å². The van der Waals surface area contributed by atoms with Crippen LogP contribution in [0.4, 0.5) is 5.95 Å². The van der Waals surface area contributed by atoms with Gasteiger partial charge in [-0.05, 0) is 18.9 Å². The van der Waals surface area contributed by atoms with Gasteiger partial charge in [-0.25, -0.2) is 4.98 Å². The maximum atomic E-state index is 12.8. The van der Waals surface area contributed by atoms with Gasteiger partial charge in [-0.2, -0.15) is 5.10 Å². The van der Waals surface area contributed by atoms with Crippen molar-refractivity contribution in [1.29, 1.82) is 0 Å². The zero-order valence-corrected chi connectivity index (χ0v) is 14.0. The number of benzene rings is 1. The van der Waals surface area contributed by atoms with Crippen LogP contribution in [0, 0.1) is 6.92 Å². The van der Waals surface area contributed by atoms with Crippen LogP contribution in [-0.4, -0.2) is 25.9 Å². The summed E-state index contributed by atoms with van der Waals surface area (Å²) < 4.78 is 3.19. The Morgan fingerprint density at radius 2 is 2.04 bits per heavy atom. The van der Waals surface area contributed by atoms with Gasteiger partial charge in [0.2, 0.25) is 5.95 Å². The molecular weight excluding hydrogens is 302 g/mol. The summed E-state index contributed by atoms with van der Waals surface area (Å²) in [5, 5.41) is 7.59. The summed E-state index contributed by atoms with van der Waals surface area (Å²) in [6.07, 6.45) is 2.55. The molecule has 0 atom stereocenters. The van der Waals surface area contributed by atoms with Gasteiger partial charge in [0.25, 0.3) is 5.56 Å². The summed E-state index contributed by atoms with van der Waals surface area (Å²) in [4.78, 5) is 17.4. The Bertz CT molecular complexity index is 924. The molecule has 0 saturated heterocycles. The minimum absolute atomic E-state index is 0.106. The molecule has 2 aromatic heterocycles. The fourth-order valence-corrected chi connectivity index (χ4v) is 2.81. The van der Waals surface area contributed by atoms with Crippen LogP contribution in [0.15, 0.2) is 47.8 Å². The quantitative estimate of drug-likeness (QED) is 0.707. The minimum atomic E-state index is -0.106. The smallest absolute Gasteiger partial charge is 0.281 e. The molecular formula is C18H21N5O. The molecule has 3 rings (SSSR count). The van der Waals surface area contributed by atoms with Crippen molar-refractivity contribution >= 4 is 17.0 Å². The Morgan fingerprint density at radius 3 is 2.75 bits per heavy atom. The predicted octanol–water partition coefficient (Wildman–Crippen LogP) is 2.28. The number of rotatable bonds is 6. The first-order chi connectivity index (χ1) is 11.6. The van der Waals surface area contributed by atoms with Gasteiger partial charge >= 0.3 is 0 Å². The van der Waals surface area contributed by atoms with Crippen molar-refractivity contribution in [3.05, 3.63) is 64.6 Å². The van der Waals surface area contributed by atoms with Crippen LogP contribution >= 0.6 is 0 Å². The van der Waals surface area contributed by atoms with Crippen LogP contribution in [0.5, 0.6) is 0 Å². The van der Waals surface area contributed by atoms with Gasteiger partial charge < -0.3 is 5.32 Å². The molecule has 3 aromatic rings. The zero-order chi connectivity index (χ0) is 17.1. The van der Waals surface area contributed by atoms with E-state index in [0.717, 1.165) is 12.1 Å². The Labute approximate surface area is 140 Å². The summed E-state index contributed by atoms with van der Waals surface area (Å²) in [5.41, 5.74) is 3.04. The second-order valence-corrected chi connectivity index (χ2v) is 5.71. The van der Waals surface area contributed by atoms with E-state index in [4.69, 9.17) is 0 Å². The number of anilines is 1. The predicted molar refractivity (Wildman–Crippen MR) is 96.3 cm³/mol. The van der Waals surface area contributed by atoms with E-state index in [9.17, 15) is 4.79 Å². The molecule has 0 spiro atoms. The van der Waals surface area contributed by atoms with Crippen LogP contribution in [-0.2, 0) is 20.0 Å². The van der Waals surface area contributed by atoms with Crippen LogP contribution in [0.25, 0.3) is 11.0 Å². The lowest BCUT2D eigenvalue weighted by Crippen LogP contribution is -2.26. The third kappa shape index (κ3) is 2.95. The number of hydrogen-bond donors (Lipinski definition) is 1. The lowest BCUT2D eigenvalue weighted by atomic mass is 10.1. The maximum Gasteiger partial charge on any atom is 0.281 e. The van der Waals surface area contributed by atoms with Gasteiger partial charge in [0.1, 0.15) is 5.52 Å². The average molecular weight is 323 g/mol. The van der Waals surface area contributed by atoms with Gasteiger partial charge in [0, 0.05) is 20.1 Å². The lowest BCUT2D eigenvalue weighted by Gasteiger charge is -2.12. The number of nitrogens with one attached hydrogen (secondary N) is 1. The summed E-state index contributed by atoms with van der Waals surface area (Å²) in [5.74, 6) is 0.555. The molecule has 0 fully saturated rings. The number of fused-ring (bicyclic) bond motifs is 1. The lowest BCUT2D eigenvalue weighted by molar-refractivity contribution is 0.741. The summed E-state index contributed by atoms with van der Waals surface area (Å²) in [6, 6.07) is 10.2. The Balaban J connectivity index is 1.93. The van der Waals surface area contributed by atoms with Gasteiger partial charge in [-0.15, -0.1) is 6.58 Å². The number of hydrogen-bond acceptors (Lipinski definition) is 4. The molecule has 0 radical (unpaired) electrons. The molecule has 6 heteroatoms. The second-order valence-electron chi connectivity index (χ2n) is 5.71. The Kier molecular flexibility index (Phi) is 4.46. The van der Waals surface area contributed by atoms with E-state index in [1.807, 2.05) is 25.1 Å². The van der Waals surface area contributed by atoms with Gasteiger partial charge in [-0.1, -0.05) is 36.4 Å². The summed E-state index contributed by atoms with van der Waals surface area (Å²) in [6.45, 7) is 6.69. The standard InChI is InChI=1S/C18H21N5O/c1-4-12-23-17(24)16-15(13(2)21-22(16)3)20-18(23)19-11-10-14-8-6-5-7-9-14/h4-9H,1,10-12H2,2-3H3,(H,19,20). The molecule has 0 aliphatic carbocycles. The first kappa shape index (κ1) is 16.0. The molecule has 6 nitrogen and oxygen atoms in total. The highest BCUT2D eigenvalue weighted by atomic mass is 16.1. The fourth-order valence-electron chi connectivity index (χ4n) is 2.81. The van der Waals surface area contributed by atoms with Crippen molar-refractivity contribution in [1.82, 2.24) is 19.3 Å². The third-order valence-electron chi connectivity index (χ3n) is 3.96. The average Bonchev–Trinajstić information content (AvgIpc) is 2.86. The molecule has 0 amide bonds. The van der Waals surface area contributed by atoms with Crippen LogP contribution in [0.2, 0.25) is 0 Å². The largest absolute Gasteiger partial charge is 0.355 e. The monoisotopic (exact) mass is 323 g/mol. The van der Waals surface area contributed by atoms with E-state index in [0.29, 0.717) is 30.1 Å². The van der Waals surface area contributed by atoms with E-state index >= 15 is 0 Å². The first-order valence-electron chi connectivity index (χ1n) is 7.94. The number of aromatic nitrogens is 4. The molecule has 2 heterocycles. The summed E-state index contributed by atoms with van der Waals surface area (Å²) in [7, 11) is 1.76. The van der Waals surface area contributed by atoms with Crippen LogP contribution in [0.3, 0.4) is 0 Å².